The van der Waals surface area contributed by atoms with Crippen molar-refractivity contribution in [2.45, 2.75) is 39.2 Å². The highest BCUT2D eigenvalue weighted by Crippen LogP contribution is 2.29. The first kappa shape index (κ1) is 19.6. The van der Waals surface area contributed by atoms with Crippen LogP contribution in [0.15, 0.2) is 54.6 Å². The van der Waals surface area contributed by atoms with Gasteiger partial charge in [0.15, 0.2) is 5.82 Å². The molecular weight excluding hydrogens is 406 g/mol. The molecule has 0 radical (unpaired) electrons. The number of carbonyl (C=O) groups excluding carboxylic acids is 1. The summed E-state index contributed by atoms with van der Waals surface area (Å²) in [5.74, 6) is 1.83. The number of hydrogen-bond acceptors (Lipinski definition) is 5. The van der Waals surface area contributed by atoms with Gasteiger partial charge in [-0.15, -0.1) is 21.5 Å². The predicted octanol–water partition coefficient (Wildman–Crippen LogP) is 5.36. The Morgan fingerprint density at radius 3 is 2.58 bits per heavy atom. The van der Waals surface area contributed by atoms with Gasteiger partial charge < -0.3 is 9.88 Å². The van der Waals surface area contributed by atoms with Crippen molar-refractivity contribution in [3.63, 3.8) is 0 Å². The maximum atomic E-state index is 13.0. The van der Waals surface area contributed by atoms with E-state index in [0.717, 1.165) is 58.6 Å². The van der Waals surface area contributed by atoms with Gasteiger partial charge in [0.2, 0.25) is 0 Å². The number of nitrogens with zero attached hydrogens (tertiary/aromatic N) is 4. The van der Waals surface area contributed by atoms with Crippen molar-refractivity contribution in [1.82, 2.24) is 19.7 Å². The maximum Gasteiger partial charge on any atom is 0.268 e. The lowest BCUT2D eigenvalue weighted by atomic mass is 10.1. The zero-order valence-corrected chi connectivity index (χ0v) is 18.2. The Kier molecular flexibility index (Phi) is 5.34. The number of hydrogen-bond donors (Lipinski definition) is 1. The quantitative estimate of drug-likeness (QED) is 0.474. The third-order valence-electron chi connectivity index (χ3n) is 5.50. The van der Waals surface area contributed by atoms with Gasteiger partial charge in [-0.3, -0.25) is 4.79 Å². The van der Waals surface area contributed by atoms with Crippen molar-refractivity contribution >= 4 is 22.9 Å². The van der Waals surface area contributed by atoms with Crippen molar-refractivity contribution < 1.29 is 4.79 Å². The minimum absolute atomic E-state index is 0.145. The van der Waals surface area contributed by atoms with Crippen LogP contribution in [0.5, 0.6) is 0 Å². The number of anilines is 1. The maximum absolute atomic E-state index is 13.0. The third kappa shape index (κ3) is 4.01. The van der Waals surface area contributed by atoms with Gasteiger partial charge in [0.05, 0.1) is 10.7 Å². The van der Waals surface area contributed by atoms with Gasteiger partial charge in [0.1, 0.15) is 10.7 Å². The van der Waals surface area contributed by atoms with Crippen molar-refractivity contribution in [2.75, 3.05) is 5.32 Å². The highest BCUT2D eigenvalue weighted by Gasteiger charge is 2.19. The van der Waals surface area contributed by atoms with Crippen molar-refractivity contribution in [3.05, 3.63) is 70.3 Å². The summed E-state index contributed by atoms with van der Waals surface area (Å²) >= 11 is 1.41. The summed E-state index contributed by atoms with van der Waals surface area (Å²) < 4.78 is 2.23. The summed E-state index contributed by atoms with van der Waals surface area (Å²) in [6.45, 7) is 2.88. The Morgan fingerprint density at radius 2 is 1.77 bits per heavy atom. The van der Waals surface area contributed by atoms with Gasteiger partial charge in [-0.05, 0) is 44.0 Å². The van der Waals surface area contributed by atoms with Gasteiger partial charge in [0, 0.05) is 29.8 Å². The van der Waals surface area contributed by atoms with Crippen LogP contribution in [0.3, 0.4) is 0 Å². The van der Waals surface area contributed by atoms with E-state index in [4.69, 9.17) is 0 Å². The molecule has 2 aromatic carbocycles. The Morgan fingerprint density at radius 1 is 0.968 bits per heavy atom. The van der Waals surface area contributed by atoms with Crippen LogP contribution in [-0.2, 0) is 13.0 Å². The first-order chi connectivity index (χ1) is 15.2. The number of thiazole rings is 1. The van der Waals surface area contributed by atoms with Gasteiger partial charge in [0.25, 0.3) is 5.91 Å². The molecule has 0 spiro atoms. The standard InChI is InChI=1S/C24H23N5OS/c1-16-25-21(17-8-4-2-5-9-17)22(31-16)24(30)26-19-13-11-18(12-14-19)23-28-27-20-10-6-3-7-15-29(20)23/h2,4-5,8-9,11-14H,3,6-7,10,15H2,1H3,(H,26,30). The zero-order chi connectivity index (χ0) is 21.2. The summed E-state index contributed by atoms with van der Waals surface area (Å²) in [6.07, 6.45) is 4.55. The third-order valence-corrected chi connectivity index (χ3v) is 6.47. The summed E-state index contributed by atoms with van der Waals surface area (Å²) in [7, 11) is 0. The Labute approximate surface area is 185 Å². The minimum atomic E-state index is -0.145. The summed E-state index contributed by atoms with van der Waals surface area (Å²) in [5, 5.41) is 12.7. The fourth-order valence-corrected chi connectivity index (χ4v) is 4.80. The van der Waals surface area contributed by atoms with Crippen LogP contribution in [0, 0.1) is 6.92 Å². The lowest BCUT2D eigenvalue weighted by Gasteiger charge is -2.09. The highest BCUT2D eigenvalue weighted by atomic mass is 32.1. The van der Waals surface area contributed by atoms with E-state index in [-0.39, 0.29) is 5.91 Å². The number of aryl methyl sites for hydroxylation is 2. The number of benzene rings is 2. The fourth-order valence-electron chi connectivity index (χ4n) is 3.96. The van der Waals surface area contributed by atoms with E-state index in [1.165, 1.54) is 24.2 Å². The van der Waals surface area contributed by atoms with E-state index >= 15 is 0 Å². The molecule has 0 atom stereocenters. The molecule has 0 saturated heterocycles. The summed E-state index contributed by atoms with van der Waals surface area (Å²) in [5.41, 5.74) is 3.43. The first-order valence-electron chi connectivity index (χ1n) is 10.6. The number of nitrogens with one attached hydrogen (secondary N) is 1. The first-order valence-corrected chi connectivity index (χ1v) is 11.4. The molecule has 1 aliphatic heterocycles. The molecule has 0 unspecified atom stereocenters. The molecular formula is C24H23N5OS. The second-order valence-corrected chi connectivity index (χ2v) is 8.91. The van der Waals surface area contributed by atoms with Crippen molar-refractivity contribution in [3.8, 4) is 22.6 Å². The molecule has 0 saturated carbocycles. The van der Waals surface area contributed by atoms with E-state index < -0.39 is 0 Å². The average molecular weight is 430 g/mol. The van der Waals surface area contributed by atoms with Crippen LogP contribution in [0.25, 0.3) is 22.6 Å². The molecule has 31 heavy (non-hydrogen) atoms. The average Bonchev–Trinajstić information content (AvgIpc) is 3.31. The fraction of sp³-hybridized carbons (Fsp3) is 0.250. The molecule has 2 aromatic heterocycles. The number of rotatable bonds is 4. The van der Waals surface area contributed by atoms with Crippen LogP contribution in [0.2, 0.25) is 0 Å². The lowest BCUT2D eigenvalue weighted by Crippen LogP contribution is -2.11. The molecule has 156 valence electrons. The monoisotopic (exact) mass is 429 g/mol. The normalized spacial score (nSPS) is 13.5. The zero-order valence-electron chi connectivity index (χ0n) is 17.3. The molecule has 0 aliphatic carbocycles. The number of aromatic nitrogens is 4. The van der Waals surface area contributed by atoms with Crippen LogP contribution >= 0.6 is 11.3 Å². The topological polar surface area (TPSA) is 72.7 Å². The number of fused-ring (bicyclic) bond motifs is 1. The predicted molar refractivity (Wildman–Crippen MR) is 123 cm³/mol. The van der Waals surface area contributed by atoms with E-state index in [1.807, 2.05) is 61.5 Å². The highest BCUT2D eigenvalue weighted by molar-refractivity contribution is 7.14. The molecule has 3 heterocycles. The molecule has 5 rings (SSSR count). The van der Waals surface area contributed by atoms with E-state index in [2.05, 4.69) is 25.1 Å². The Balaban J connectivity index is 1.37. The second-order valence-electron chi connectivity index (χ2n) is 7.71. The van der Waals surface area contributed by atoms with Gasteiger partial charge in [-0.1, -0.05) is 36.8 Å². The van der Waals surface area contributed by atoms with Crippen LogP contribution in [0.4, 0.5) is 5.69 Å². The second kappa shape index (κ2) is 8.43. The smallest absolute Gasteiger partial charge is 0.268 e. The van der Waals surface area contributed by atoms with Gasteiger partial charge in [-0.25, -0.2) is 4.98 Å². The SMILES string of the molecule is Cc1nc(-c2ccccc2)c(C(=O)Nc2ccc(-c3nnc4n3CCCCC4)cc2)s1. The Hall–Kier alpha value is -3.32. The number of carbonyl (C=O) groups is 1. The summed E-state index contributed by atoms with van der Waals surface area (Å²) in [6, 6.07) is 17.6. The van der Waals surface area contributed by atoms with E-state index in [1.54, 1.807) is 0 Å². The molecule has 1 aliphatic rings. The molecule has 1 N–H and O–H groups in total. The van der Waals surface area contributed by atoms with Gasteiger partial charge in [-0.2, -0.15) is 0 Å². The molecule has 0 fully saturated rings. The lowest BCUT2D eigenvalue weighted by molar-refractivity contribution is 0.103. The minimum Gasteiger partial charge on any atom is -0.321 e. The molecule has 0 bridgehead atoms. The van der Waals surface area contributed by atoms with E-state index in [9.17, 15) is 4.79 Å². The van der Waals surface area contributed by atoms with Crippen LogP contribution in [-0.4, -0.2) is 25.7 Å². The van der Waals surface area contributed by atoms with E-state index in [0.29, 0.717) is 4.88 Å². The van der Waals surface area contributed by atoms with Crippen molar-refractivity contribution in [2.24, 2.45) is 0 Å². The molecule has 1 amide bonds. The Bertz CT molecular complexity index is 1210. The van der Waals surface area contributed by atoms with Gasteiger partial charge >= 0.3 is 0 Å². The number of amides is 1. The van der Waals surface area contributed by atoms with Crippen molar-refractivity contribution in [1.29, 1.82) is 0 Å². The largest absolute Gasteiger partial charge is 0.321 e. The van der Waals surface area contributed by atoms with Crippen LogP contribution in [0.1, 0.15) is 39.8 Å². The molecule has 4 aromatic rings. The molecule has 7 heteroatoms. The molecule has 6 nitrogen and oxygen atoms in total. The summed E-state index contributed by atoms with van der Waals surface area (Å²) in [4.78, 5) is 18.2. The van der Waals surface area contributed by atoms with Crippen LogP contribution < -0.4 is 5.32 Å².